The lowest BCUT2D eigenvalue weighted by molar-refractivity contribution is -0.124. The van der Waals surface area contributed by atoms with Crippen LogP contribution in [0.15, 0.2) is 48.5 Å². The van der Waals surface area contributed by atoms with Gasteiger partial charge in [-0.1, -0.05) is 62.4 Å². The number of nitrogens with two attached hydrogens (primary N) is 1. The lowest BCUT2D eigenvalue weighted by Gasteiger charge is -2.27. The molecule has 6 nitrogen and oxygen atoms in total. The third-order valence-corrected chi connectivity index (χ3v) is 5.18. The summed E-state index contributed by atoms with van der Waals surface area (Å²) in [6.07, 6.45) is 1.07. The molecule has 1 amide bonds. The van der Waals surface area contributed by atoms with E-state index in [0.29, 0.717) is 18.8 Å². The highest BCUT2D eigenvalue weighted by Crippen LogP contribution is 2.22. The molecule has 0 bridgehead atoms. The molecule has 31 heavy (non-hydrogen) atoms. The van der Waals surface area contributed by atoms with Crippen LogP contribution in [0.1, 0.15) is 43.4 Å². The third-order valence-electron chi connectivity index (χ3n) is 5.18. The quantitative estimate of drug-likeness (QED) is 0.434. The molecular formula is C25H39N3O3. The fraction of sp³-hybridized carbons (Fsp3) is 0.480. The number of para-hydroxylation sites is 1. The first-order valence-corrected chi connectivity index (χ1v) is 10.7. The highest BCUT2D eigenvalue weighted by Gasteiger charge is 2.24. The summed E-state index contributed by atoms with van der Waals surface area (Å²) in [5.41, 5.74) is 9.24. The zero-order valence-corrected chi connectivity index (χ0v) is 19.3. The molecule has 0 aliphatic carbocycles. The Morgan fingerprint density at radius 2 is 1.65 bits per heavy atom. The van der Waals surface area contributed by atoms with E-state index in [2.05, 4.69) is 19.2 Å². The van der Waals surface area contributed by atoms with E-state index in [-0.39, 0.29) is 24.7 Å². The monoisotopic (exact) mass is 429 g/mol. The second-order valence-corrected chi connectivity index (χ2v) is 8.57. The Hall–Kier alpha value is -2.41. The minimum atomic E-state index is -0.733. The van der Waals surface area contributed by atoms with Crippen molar-refractivity contribution in [1.82, 2.24) is 11.5 Å². The number of hydrogen-bond acceptors (Lipinski definition) is 5. The van der Waals surface area contributed by atoms with Gasteiger partial charge in [-0.05, 0) is 55.7 Å². The van der Waals surface area contributed by atoms with Crippen molar-refractivity contribution >= 4 is 5.91 Å². The minimum absolute atomic E-state index is 0. The molecule has 0 unspecified atom stereocenters. The van der Waals surface area contributed by atoms with Gasteiger partial charge in [-0.15, -0.1) is 0 Å². The van der Waals surface area contributed by atoms with Crippen molar-refractivity contribution in [1.29, 1.82) is 0 Å². The van der Waals surface area contributed by atoms with E-state index < -0.39 is 12.1 Å². The van der Waals surface area contributed by atoms with Crippen molar-refractivity contribution in [2.24, 2.45) is 11.7 Å². The zero-order valence-electron chi connectivity index (χ0n) is 19.3. The standard InChI is InChI=1S/C25H36N2O3.H3N/c1-17(2)13-21(26)15-23(28)22(14-20-11-6-5-7-12-20)27-24(29)16-30-25-18(3)9-8-10-19(25)4;/h5-12,17,21-23,28H,13-16,26H2,1-4H3,(H,27,29);1H3/t21-,22-,23-;/m0./s1. The van der Waals surface area contributed by atoms with Gasteiger partial charge in [0.15, 0.2) is 6.61 Å². The molecule has 0 heterocycles. The van der Waals surface area contributed by atoms with Crippen molar-refractivity contribution < 1.29 is 14.6 Å². The maximum absolute atomic E-state index is 12.6. The van der Waals surface area contributed by atoms with Gasteiger partial charge in [0, 0.05) is 6.04 Å². The molecule has 0 spiro atoms. The van der Waals surface area contributed by atoms with E-state index in [9.17, 15) is 9.90 Å². The molecule has 0 fully saturated rings. The van der Waals surface area contributed by atoms with Crippen molar-refractivity contribution in [2.75, 3.05) is 6.61 Å². The fourth-order valence-electron chi connectivity index (χ4n) is 3.74. The van der Waals surface area contributed by atoms with E-state index in [1.54, 1.807) is 0 Å². The summed E-state index contributed by atoms with van der Waals surface area (Å²) in [4.78, 5) is 12.6. The van der Waals surface area contributed by atoms with Gasteiger partial charge in [0.2, 0.25) is 0 Å². The highest BCUT2D eigenvalue weighted by molar-refractivity contribution is 5.78. The van der Waals surface area contributed by atoms with Crippen LogP contribution in [0.3, 0.4) is 0 Å². The minimum Gasteiger partial charge on any atom is -0.483 e. The molecule has 2 aromatic rings. The summed E-state index contributed by atoms with van der Waals surface area (Å²) in [7, 11) is 0. The summed E-state index contributed by atoms with van der Waals surface area (Å²) in [6.45, 7) is 8.04. The number of ether oxygens (including phenoxy) is 1. The number of amides is 1. The van der Waals surface area contributed by atoms with Gasteiger partial charge in [-0.25, -0.2) is 0 Å². The number of rotatable bonds is 11. The van der Waals surface area contributed by atoms with Crippen molar-refractivity contribution in [3.8, 4) is 5.75 Å². The van der Waals surface area contributed by atoms with Crippen molar-refractivity contribution in [2.45, 2.75) is 65.1 Å². The number of carbonyl (C=O) groups excluding carboxylic acids is 1. The first kappa shape index (κ1) is 26.6. The molecule has 0 aromatic heterocycles. The average Bonchev–Trinajstić information content (AvgIpc) is 2.67. The van der Waals surface area contributed by atoms with E-state index in [1.807, 2.05) is 62.4 Å². The maximum Gasteiger partial charge on any atom is 0.258 e. The predicted molar refractivity (Wildman–Crippen MR) is 127 cm³/mol. The maximum atomic E-state index is 12.6. The molecule has 2 rings (SSSR count). The Morgan fingerprint density at radius 1 is 1.03 bits per heavy atom. The molecule has 0 aliphatic heterocycles. The van der Waals surface area contributed by atoms with Crippen LogP contribution in [0.5, 0.6) is 5.75 Å². The van der Waals surface area contributed by atoms with Crippen LogP contribution in [0, 0.1) is 19.8 Å². The molecule has 0 saturated carbocycles. The van der Waals surface area contributed by atoms with Crippen LogP contribution in [-0.2, 0) is 11.2 Å². The molecule has 3 atom stereocenters. The third kappa shape index (κ3) is 9.09. The number of carbonyl (C=O) groups is 1. The van der Waals surface area contributed by atoms with Gasteiger partial charge in [-0.2, -0.15) is 0 Å². The van der Waals surface area contributed by atoms with Crippen molar-refractivity contribution in [3.05, 3.63) is 65.2 Å². The van der Waals surface area contributed by atoms with E-state index in [1.165, 1.54) is 0 Å². The zero-order chi connectivity index (χ0) is 22.1. The molecular weight excluding hydrogens is 390 g/mol. The molecule has 0 aliphatic rings. The van der Waals surface area contributed by atoms with Crippen LogP contribution < -0.4 is 21.9 Å². The lowest BCUT2D eigenvalue weighted by Crippen LogP contribution is -2.48. The Bertz CT molecular complexity index is 776. The first-order valence-electron chi connectivity index (χ1n) is 10.7. The number of aliphatic hydroxyl groups excluding tert-OH is 1. The van der Waals surface area contributed by atoms with Gasteiger partial charge >= 0.3 is 0 Å². The topological polar surface area (TPSA) is 120 Å². The largest absolute Gasteiger partial charge is 0.483 e. The Kier molecular flexibility index (Phi) is 11.3. The van der Waals surface area contributed by atoms with Crippen LogP contribution in [-0.4, -0.2) is 35.8 Å². The Balaban J connectivity index is 0.00000480. The van der Waals surface area contributed by atoms with Crippen molar-refractivity contribution in [3.63, 3.8) is 0 Å². The van der Waals surface area contributed by atoms with Gasteiger partial charge in [-0.3, -0.25) is 4.79 Å². The molecule has 7 N–H and O–H groups in total. The summed E-state index contributed by atoms with van der Waals surface area (Å²) in [6, 6.07) is 15.2. The normalized spacial score (nSPS) is 13.8. The number of aryl methyl sites for hydroxylation is 2. The summed E-state index contributed by atoms with van der Waals surface area (Å²) in [5.74, 6) is 0.932. The van der Waals surface area contributed by atoms with Crippen LogP contribution in [0.25, 0.3) is 0 Å². The second kappa shape index (κ2) is 13.1. The molecule has 0 radical (unpaired) electrons. The smallest absolute Gasteiger partial charge is 0.258 e. The summed E-state index contributed by atoms with van der Waals surface area (Å²) in [5, 5.41) is 13.8. The van der Waals surface area contributed by atoms with Gasteiger partial charge in [0.1, 0.15) is 5.75 Å². The van der Waals surface area contributed by atoms with E-state index >= 15 is 0 Å². The molecule has 0 saturated heterocycles. The predicted octanol–water partition coefficient (Wildman–Crippen LogP) is 3.70. The lowest BCUT2D eigenvalue weighted by atomic mass is 9.93. The number of hydrogen-bond donors (Lipinski definition) is 4. The number of benzene rings is 2. The Labute approximate surface area is 186 Å². The fourth-order valence-corrected chi connectivity index (χ4v) is 3.74. The average molecular weight is 430 g/mol. The number of nitrogens with one attached hydrogen (secondary N) is 1. The highest BCUT2D eigenvalue weighted by atomic mass is 16.5. The van der Waals surface area contributed by atoms with E-state index in [4.69, 9.17) is 10.5 Å². The Morgan fingerprint density at radius 3 is 2.23 bits per heavy atom. The summed E-state index contributed by atoms with van der Waals surface area (Å²) >= 11 is 0. The molecule has 6 heteroatoms. The second-order valence-electron chi connectivity index (χ2n) is 8.57. The SMILES string of the molecule is Cc1cccc(C)c1OCC(=O)N[C@@H](Cc1ccccc1)[C@@H](O)C[C@@H](N)CC(C)C.N. The van der Waals surface area contributed by atoms with Gasteiger partial charge in [0.25, 0.3) is 5.91 Å². The van der Waals surface area contributed by atoms with Crippen LogP contribution >= 0.6 is 0 Å². The van der Waals surface area contributed by atoms with Crippen LogP contribution in [0.4, 0.5) is 0 Å². The first-order chi connectivity index (χ1) is 14.3. The molecule has 172 valence electrons. The molecule has 2 aromatic carbocycles. The number of aliphatic hydroxyl groups is 1. The van der Waals surface area contributed by atoms with Gasteiger partial charge in [0.05, 0.1) is 12.1 Å². The van der Waals surface area contributed by atoms with Crippen LogP contribution in [0.2, 0.25) is 0 Å². The van der Waals surface area contributed by atoms with E-state index in [0.717, 1.165) is 28.9 Å². The summed E-state index contributed by atoms with van der Waals surface area (Å²) < 4.78 is 5.78. The van der Waals surface area contributed by atoms with Gasteiger partial charge < -0.3 is 27.0 Å².